The van der Waals surface area contributed by atoms with Crippen LogP contribution in [0.1, 0.15) is 31.2 Å². The molecule has 0 saturated carbocycles. The first kappa shape index (κ1) is 31.5. The third-order valence-corrected chi connectivity index (χ3v) is 5.56. The lowest BCUT2D eigenvalue weighted by Crippen LogP contribution is -2.74. The summed E-state index contributed by atoms with van der Waals surface area (Å²) in [5.74, 6) is -55.8. The molecule has 0 aromatic carbocycles. The van der Waals surface area contributed by atoms with Gasteiger partial charge in [0.15, 0.2) is 0 Å². The summed E-state index contributed by atoms with van der Waals surface area (Å²) >= 11 is 1.22. The lowest BCUT2D eigenvalue weighted by atomic mass is 9.87. The minimum atomic E-state index is -8.58. The van der Waals surface area contributed by atoms with Gasteiger partial charge in [0, 0.05) is 6.42 Å². The van der Waals surface area contributed by atoms with Crippen LogP contribution in [0.15, 0.2) is 16.8 Å². The van der Waals surface area contributed by atoms with Crippen molar-refractivity contribution in [2.75, 3.05) is 0 Å². The van der Waals surface area contributed by atoms with Crippen LogP contribution in [0.2, 0.25) is 0 Å². The number of aryl methyl sites for hydroxylation is 1. The van der Waals surface area contributed by atoms with Gasteiger partial charge in [0.05, 0.1) is 0 Å². The quantitative estimate of drug-likeness (QED) is 0.173. The van der Waals surface area contributed by atoms with E-state index in [4.69, 9.17) is 0 Å². The third kappa shape index (κ3) is 5.04. The molecule has 0 radical (unpaired) electrons. The van der Waals surface area contributed by atoms with Crippen molar-refractivity contribution in [1.29, 1.82) is 0 Å². The lowest BCUT2D eigenvalue weighted by Gasteiger charge is -2.42. The van der Waals surface area contributed by atoms with Crippen molar-refractivity contribution in [1.82, 2.24) is 0 Å². The van der Waals surface area contributed by atoms with Crippen LogP contribution in [0.5, 0.6) is 0 Å². The second-order valence-corrected chi connectivity index (χ2v) is 8.12. The standard InChI is InChI=1S/C17H13F17S/c18-10(19,6-3-1-2-4-9-5-7-35-8-9)11(20,21)12(22,23)13(24,25)14(26,27)15(28,29)16(30,31)17(32,33)34/h5,7-8H,1-4,6H2. The molecule has 0 aliphatic carbocycles. The van der Waals surface area contributed by atoms with E-state index in [2.05, 4.69) is 0 Å². The Kier molecular flexibility index (Phi) is 8.50. The third-order valence-electron chi connectivity index (χ3n) is 4.82. The molecule has 0 N–H and O–H groups in total. The van der Waals surface area contributed by atoms with Gasteiger partial charge in [0.1, 0.15) is 0 Å². The normalized spacial score (nSPS) is 15.6. The number of unbranched alkanes of at least 4 members (excludes halogenated alkanes) is 2. The Balaban J connectivity index is 3.19. The molecule has 1 aromatic heterocycles. The first-order chi connectivity index (χ1) is 15.3. The van der Waals surface area contributed by atoms with E-state index in [0.717, 1.165) is 0 Å². The zero-order chi connectivity index (χ0) is 27.9. The second-order valence-electron chi connectivity index (χ2n) is 7.34. The summed E-state index contributed by atoms with van der Waals surface area (Å²) in [6.07, 6.45) is -11.4. The Labute approximate surface area is 189 Å². The smallest absolute Gasteiger partial charge is 0.200 e. The topological polar surface area (TPSA) is 0 Å². The van der Waals surface area contributed by atoms with Gasteiger partial charge in [-0.1, -0.05) is 6.42 Å². The molecule has 1 heterocycles. The van der Waals surface area contributed by atoms with Crippen molar-refractivity contribution in [3.8, 4) is 0 Å². The molecular weight excluding hydrogens is 559 g/mol. The average Bonchev–Trinajstić information content (AvgIpc) is 3.19. The molecule has 1 rings (SSSR count). The molecule has 0 fully saturated rings. The van der Waals surface area contributed by atoms with E-state index in [-0.39, 0.29) is 12.8 Å². The Morgan fingerprint density at radius 2 is 0.943 bits per heavy atom. The van der Waals surface area contributed by atoms with Crippen LogP contribution in [0.3, 0.4) is 0 Å². The molecule has 0 spiro atoms. The molecule has 1 aromatic rings. The summed E-state index contributed by atoms with van der Waals surface area (Å²) < 4.78 is 224. The lowest BCUT2D eigenvalue weighted by molar-refractivity contribution is -0.461. The Hall–Kier alpha value is -1.49. The van der Waals surface area contributed by atoms with Crippen molar-refractivity contribution in [3.05, 3.63) is 22.4 Å². The Bertz CT molecular complexity index is 822. The Morgan fingerprint density at radius 3 is 1.34 bits per heavy atom. The maximum atomic E-state index is 13.7. The highest BCUT2D eigenvalue weighted by Crippen LogP contribution is 2.64. The van der Waals surface area contributed by atoms with E-state index in [1.807, 2.05) is 0 Å². The maximum Gasteiger partial charge on any atom is 0.460 e. The molecule has 0 aliphatic rings. The van der Waals surface area contributed by atoms with Crippen LogP contribution in [0.4, 0.5) is 74.6 Å². The second kappa shape index (κ2) is 9.43. The van der Waals surface area contributed by atoms with Crippen molar-refractivity contribution in [2.24, 2.45) is 0 Å². The largest absolute Gasteiger partial charge is 0.460 e. The van der Waals surface area contributed by atoms with Crippen LogP contribution in [-0.2, 0) is 6.42 Å². The van der Waals surface area contributed by atoms with E-state index in [1.165, 1.54) is 11.3 Å². The highest BCUT2D eigenvalue weighted by molar-refractivity contribution is 7.07. The van der Waals surface area contributed by atoms with Crippen LogP contribution in [0.25, 0.3) is 0 Å². The summed E-state index contributed by atoms with van der Waals surface area (Å²) in [5, 5.41) is 3.21. The van der Waals surface area contributed by atoms with Gasteiger partial charge in [-0.25, -0.2) is 0 Å². The van der Waals surface area contributed by atoms with Crippen LogP contribution in [0, 0.1) is 0 Å². The van der Waals surface area contributed by atoms with E-state index in [0.29, 0.717) is 5.56 Å². The van der Waals surface area contributed by atoms with Gasteiger partial charge >= 0.3 is 47.6 Å². The Morgan fingerprint density at radius 1 is 0.514 bits per heavy atom. The van der Waals surface area contributed by atoms with Gasteiger partial charge < -0.3 is 0 Å². The minimum absolute atomic E-state index is 0.0121. The molecule has 0 bridgehead atoms. The van der Waals surface area contributed by atoms with Gasteiger partial charge in [0.2, 0.25) is 0 Å². The van der Waals surface area contributed by atoms with Crippen molar-refractivity contribution in [3.63, 3.8) is 0 Å². The summed E-state index contributed by atoms with van der Waals surface area (Å²) in [5.41, 5.74) is 0.664. The van der Waals surface area contributed by atoms with E-state index in [9.17, 15) is 74.6 Å². The van der Waals surface area contributed by atoms with E-state index >= 15 is 0 Å². The molecule has 206 valence electrons. The molecule has 18 heteroatoms. The molecule has 0 atom stereocenters. The van der Waals surface area contributed by atoms with E-state index < -0.39 is 66.9 Å². The zero-order valence-electron chi connectivity index (χ0n) is 16.6. The fraction of sp³-hybridized carbons (Fsp3) is 0.765. The highest BCUT2D eigenvalue weighted by Gasteiger charge is 2.95. The molecule has 0 saturated heterocycles. The highest BCUT2D eigenvalue weighted by atomic mass is 32.1. The van der Waals surface area contributed by atoms with Crippen molar-refractivity contribution >= 4 is 11.3 Å². The molecule has 0 amide bonds. The van der Waals surface area contributed by atoms with Crippen molar-refractivity contribution in [2.45, 2.75) is 79.7 Å². The first-order valence-electron chi connectivity index (χ1n) is 9.05. The number of hydrogen-bond donors (Lipinski definition) is 0. The fourth-order valence-electron chi connectivity index (χ4n) is 2.64. The fourth-order valence-corrected chi connectivity index (χ4v) is 3.34. The number of hydrogen-bond acceptors (Lipinski definition) is 1. The molecule has 0 unspecified atom stereocenters. The number of alkyl halides is 17. The van der Waals surface area contributed by atoms with Gasteiger partial charge in [-0.3, -0.25) is 0 Å². The summed E-state index contributed by atoms with van der Waals surface area (Å²) in [6.45, 7) is 0. The number of thiophene rings is 1. The zero-order valence-corrected chi connectivity index (χ0v) is 17.4. The predicted octanol–water partition coefficient (Wildman–Crippen LogP) is 8.86. The first-order valence-corrected chi connectivity index (χ1v) is 9.99. The van der Waals surface area contributed by atoms with Crippen LogP contribution in [-0.4, -0.2) is 47.6 Å². The summed E-state index contributed by atoms with van der Waals surface area (Å²) in [7, 11) is 0. The summed E-state index contributed by atoms with van der Waals surface area (Å²) in [6, 6.07) is 1.58. The SMILES string of the molecule is FC(F)(F)C(F)(F)C(F)(F)C(F)(F)C(F)(F)C(F)(F)C(F)(F)C(F)(F)CCCCCc1ccsc1. The van der Waals surface area contributed by atoms with Crippen LogP contribution >= 0.6 is 11.3 Å². The van der Waals surface area contributed by atoms with Crippen LogP contribution < -0.4 is 0 Å². The minimum Gasteiger partial charge on any atom is -0.200 e. The van der Waals surface area contributed by atoms with Gasteiger partial charge in [0.25, 0.3) is 0 Å². The maximum absolute atomic E-state index is 13.7. The van der Waals surface area contributed by atoms with Gasteiger partial charge in [-0.15, -0.1) is 0 Å². The van der Waals surface area contributed by atoms with E-state index in [1.54, 1.807) is 16.8 Å². The monoisotopic (exact) mass is 572 g/mol. The number of halogens is 17. The van der Waals surface area contributed by atoms with Crippen molar-refractivity contribution < 1.29 is 74.6 Å². The van der Waals surface area contributed by atoms with Gasteiger partial charge in [-0.2, -0.15) is 86.0 Å². The molecule has 35 heavy (non-hydrogen) atoms. The van der Waals surface area contributed by atoms with Gasteiger partial charge in [-0.05, 0) is 41.7 Å². The molecular formula is C17H13F17S. The number of rotatable bonds is 12. The summed E-state index contributed by atoms with van der Waals surface area (Å²) in [4.78, 5) is 0. The molecule has 0 aliphatic heterocycles. The average molecular weight is 572 g/mol. The predicted molar refractivity (Wildman–Crippen MR) is 87.2 cm³/mol. The molecule has 0 nitrogen and oxygen atoms in total.